The van der Waals surface area contributed by atoms with Gasteiger partial charge in [0, 0.05) is 24.7 Å². The highest BCUT2D eigenvalue weighted by atomic mass is 19.3. The molecule has 1 saturated carbocycles. The lowest BCUT2D eigenvalue weighted by atomic mass is 9.77. The van der Waals surface area contributed by atoms with Crippen molar-refractivity contribution >= 4 is 11.6 Å². The van der Waals surface area contributed by atoms with Crippen molar-refractivity contribution in [2.75, 3.05) is 12.4 Å². The molecule has 0 atom stereocenters. The number of hydrogen-bond donors (Lipinski definition) is 2. The number of aliphatic hydroxyl groups is 1. The van der Waals surface area contributed by atoms with Gasteiger partial charge < -0.3 is 19.9 Å². The van der Waals surface area contributed by atoms with Crippen LogP contribution in [0.2, 0.25) is 0 Å². The first-order chi connectivity index (χ1) is 19.5. The van der Waals surface area contributed by atoms with Crippen LogP contribution in [0.25, 0.3) is 17.1 Å². The molecule has 4 aromatic rings. The molecule has 2 aromatic carbocycles. The van der Waals surface area contributed by atoms with Crippen molar-refractivity contribution in [3.05, 3.63) is 87.8 Å². The second-order valence-electron chi connectivity index (χ2n) is 9.45. The summed E-state index contributed by atoms with van der Waals surface area (Å²) in [4.78, 5) is 31.3. The number of benzene rings is 2. The summed E-state index contributed by atoms with van der Waals surface area (Å²) in [6, 6.07) is 11.2. The average Bonchev–Trinajstić information content (AvgIpc) is 3.15. The number of rotatable bonds is 8. The molecule has 2 heterocycles. The van der Waals surface area contributed by atoms with Crippen LogP contribution < -0.4 is 20.3 Å². The fourth-order valence-electron chi connectivity index (χ4n) is 4.70. The summed E-state index contributed by atoms with van der Waals surface area (Å²) in [5.41, 5.74) is -3.14. The Morgan fingerprint density at radius 2 is 1.73 bits per heavy atom. The number of methoxy groups -OCH3 is 1. The maximum Gasteiger partial charge on any atom is 0.387 e. The van der Waals surface area contributed by atoms with Crippen LogP contribution in [0.15, 0.2) is 59.4 Å². The van der Waals surface area contributed by atoms with Crippen molar-refractivity contribution in [1.29, 1.82) is 0 Å². The van der Waals surface area contributed by atoms with Crippen LogP contribution in [0, 0.1) is 11.6 Å². The van der Waals surface area contributed by atoms with Gasteiger partial charge in [-0.15, -0.1) is 0 Å². The zero-order chi connectivity index (χ0) is 29.5. The summed E-state index contributed by atoms with van der Waals surface area (Å²) >= 11 is 0. The SMILES string of the molecule is COc1cc(F)c(-c2c(NC(=O)c3ccc(OC(F)F)cc3)c(=O)n(-c3cccc(C4(O)CCC4)n3)n2C)c(F)c1. The molecule has 1 amide bonds. The van der Waals surface area contributed by atoms with Crippen LogP contribution in [-0.4, -0.2) is 39.1 Å². The normalized spacial score (nSPS) is 14.0. The van der Waals surface area contributed by atoms with Crippen molar-refractivity contribution in [3.8, 4) is 28.6 Å². The number of ether oxygens (including phenoxy) is 2. The van der Waals surface area contributed by atoms with Crippen LogP contribution in [0.4, 0.5) is 23.2 Å². The van der Waals surface area contributed by atoms with E-state index < -0.39 is 46.6 Å². The van der Waals surface area contributed by atoms with Crippen molar-refractivity contribution in [3.63, 3.8) is 0 Å². The van der Waals surface area contributed by atoms with E-state index in [0.29, 0.717) is 18.5 Å². The van der Waals surface area contributed by atoms with Crippen molar-refractivity contribution in [1.82, 2.24) is 14.3 Å². The average molecular weight is 573 g/mol. The van der Waals surface area contributed by atoms with Gasteiger partial charge in [0.15, 0.2) is 5.82 Å². The Bertz CT molecular complexity index is 1660. The van der Waals surface area contributed by atoms with E-state index in [2.05, 4.69) is 15.0 Å². The molecule has 41 heavy (non-hydrogen) atoms. The van der Waals surface area contributed by atoms with E-state index in [0.717, 1.165) is 40.0 Å². The third-order valence-corrected chi connectivity index (χ3v) is 6.94. The maximum absolute atomic E-state index is 15.3. The Labute approximate surface area is 230 Å². The zero-order valence-electron chi connectivity index (χ0n) is 21.8. The first kappa shape index (κ1) is 27.9. The molecule has 0 unspecified atom stereocenters. The number of anilines is 1. The molecule has 0 spiro atoms. The highest BCUT2D eigenvalue weighted by Crippen LogP contribution is 2.40. The van der Waals surface area contributed by atoms with Crippen LogP contribution in [0.3, 0.4) is 0 Å². The Kier molecular flexibility index (Phi) is 7.30. The summed E-state index contributed by atoms with van der Waals surface area (Å²) in [7, 11) is 2.59. The van der Waals surface area contributed by atoms with Gasteiger partial charge >= 0.3 is 6.61 Å². The van der Waals surface area contributed by atoms with E-state index in [1.807, 2.05) is 0 Å². The van der Waals surface area contributed by atoms with E-state index in [9.17, 15) is 23.5 Å². The summed E-state index contributed by atoms with van der Waals surface area (Å²) in [6.07, 6.45) is 1.78. The zero-order valence-corrected chi connectivity index (χ0v) is 21.8. The van der Waals surface area contributed by atoms with Gasteiger partial charge in [0.25, 0.3) is 11.5 Å². The number of carbonyl (C=O) groups is 1. The van der Waals surface area contributed by atoms with E-state index in [4.69, 9.17) is 4.74 Å². The number of amides is 1. The smallest absolute Gasteiger partial charge is 0.387 e. The minimum absolute atomic E-state index is 0.0416. The number of aromatic nitrogens is 3. The van der Waals surface area contributed by atoms with E-state index in [1.165, 1.54) is 32.4 Å². The molecule has 9 nitrogen and oxygen atoms in total. The van der Waals surface area contributed by atoms with Gasteiger partial charge in [-0.05, 0) is 55.7 Å². The molecule has 214 valence electrons. The molecule has 0 aliphatic heterocycles. The topological polar surface area (TPSA) is 108 Å². The molecule has 2 aromatic heterocycles. The lowest BCUT2D eigenvalue weighted by Gasteiger charge is -2.36. The minimum Gasteiger partial charge on any atom is -0.497 e. The largest absolute Gasteiger partial charge is 0.497 e. The van der Waals surface area contributed by atoms with Gasteiger partial charge in [0.1, 0.15) is 40.1 Å². The van der Waals surface area contributed by atoms with E-state index in [1.54, 1.807) is 12.1 Å². The summed E-state index contributed by atoms with van der Waals surface area (Å²) in [5.74, 6) is -3.24. The van der Waals surface area contributed by atoms with Gasteiger partial charge in [-0.1, -0.05) is 6.07 Å². The standard InChI is InChI=1S/C28H24F4N4O5/c1-35-24(22-18(29)13-17(40-2)14-19(22)30)23(34-25(37)15-7-9-16(10-8-15)41-27(31)32)26(38)36(35)21-6-3-5-20(33-21)28(39)11-4-12-28/h3,5-10,13-14,27,39H,4,11-12H2,1-2H3,(H,34,37). The minimum atomic E-state index is -3.06. The fraction of sp³-hybridized carbons (Fsp3) is 0.250. The molecule has 0 bridgehead atoms. The summed E-state index contributed by atoms with van der Waals surface area (Å²) in [6.45, 7) is -3.06. The predicted molar refractivity (Wildman–Crippen MR) is 139 cm³/mol. The van der Waals surface area contributed by atoms with Gasteiger partial charge in [-0.2, -0.15) is 13.5 Å². The molecule has 1 fully saturated rings. The van der Waals surface area contributed by atoms with Crippen LogP contribution in [-0.2, 0) is 12.6 Å². The second kappa shape index (κ2) is 10.7. The molecule has 2 N–H and O–H groups in total. The van der Waals surface area contributed by atoms with E-state index in [-0.39, 0.29) is 28.6 Å². The maximum atomic E-state index is 15.3. The van der Waals surface area contributed by atoms with Crippen molar-refractivity contribution < 1.29 is 36.9 Å². The number of halogens is 4. The van der Waals surface area contributed by atoms with Gasteiger partial charge in [0.2, 0.25) is 0 Å². The highest BCUT2D eigenvalue weighted by Gasteiger charge is 2.38. The van der Waals surface area contributed by atoms with Crippen LogP contribution >= 0.6 is 0 Å². The Balaban J connectivity index is 1.64. The Hall–Kier alpha value is -4.65. The second-order valence-corrected chi connectivity index (χ2v) is 9.45. The highest BCUT2D eigenvalue weighted by molar-refractivity contribution is 6.06. The number of nitrogens with one attached hydrogen (secondary N) is 1. The lowest BCUT2D eigenvalue weighted by Crippen LogP contribution is -2.35. The molecule has 0 radical (unpaired) electrons. The van der Waals surface area contributed by atoms with Gasteiger partial charge in [-0.3, -0.25) is 14.3 Å². The number of nitrogens with zero attached hydrogens (tertiary/aromatic N) is 3. The number of hydrogen-bond acceptors (Lipinski definition) is 6. The number of alkyl halides is 2. The van der Waals surface area contributed by atoms with E-state index >= 15 is 8.78 Å². The lowest BCUT2D eigenvalue weighted by molar-refractivity contribution is -0.0498. The monoisotopic (exact) mass is 572 g/mol. The van der Waals surface area contributed by atoms with Crippen LogP contribution in [0.1, 0.15) is 35.3 Å². The molecule has 0 saturated heterocycles. The Morgan fingerprint density at radius 1 is 1.07 bits per heavy atom. The van der Waals surface area contributed by atoms with Crippen LogP contribution in [0.5, 0.6) is 11.5 Å². The number of pyridine rings is 1. The molecule has 1 aliphatic carbocycles. The molecule has 13 heteroatoms. The number of carbonyl (C=O) groups excluding carboxylic acids is 1. The summed E-state index contributed by atoms with van der Waals surface area (Å²) in [5, 5.41) is 13.2. The van der Waals surface area contributed by atoms with Crippen molar-refractivity contribution in [2.45, 2.75) is 31.5 Å². The van der Waals surface area contributed by atoms with Crippen molar-refractivity contribution in [2.24, 2.45) is 7.05 Å². The molecule has 1 aliphatic rings. The summed E-state index contributed by atoms with van der Waals surface area (Å²) < 4.78 is 66.9. The fourth-order valence-corrected chi connectivity index (χ4v) is 4.70. The molecule has 5 rings (SSSR count). The Morgan fingerprint density at radius 3 is 2.29 bits per heavy atom. The third kappa shape index (κ3) is 5.15. The first-order valence-electron chi connectivity index (χ1n) is 12.4. The quantitative estimate of drug-likeness (QED) is 0.295. The van der Waals surface area contributed by atoms with Gasteiger partial charge in [0.05, 0.1) is 18.4 Å². The predicted octanol–water partition coefficient (Wildman–Crippen LogP) is 4.75. The molecular formula is C28H24F4N4O5. The molecular weight excluding hydrogens is 548 g/mol. The third-order valence-electron chi connectivity index (χ3n) is 6.94. The van der Waals surface area contributed by atoms with Gasteiger partial charge in [-0.25, -0.2) is 13.8 Å². The first-order valence-corrected chi connectivity index (χ1v) is 12.4.